The summed E-state index contributed by atoms with van der Waals surface area (Å²) in [6, 6.07) is 6.37. The Balaban J connectivity index is 2.02. The molecule has 0 radical (unpaired) electrons. The molecule has 0 spiro atoms. The Bertz CT molecular complexity index is 447. The van der Waals surface area contributed by atoms with Gasteiger partial charge in [-0.25, -0.2) is 0 Å². The second-order valence-corrected chi connectivity index (χ2v) is 6.86. The molecule has 118 valence electrons. The molecule has 1 N–H and O–H groups in total. The maximum Gasteiger partial charge on any atom is 0.142 e. The van der Waals surface area contributed by atoms with Crippen LogP contribution in [-0.2, 0) is 0 Å². The van der Waals surface area contributed by atoms with E-state index in [-0.39, 0.29) is 0 Å². The largest absolute Gasteiger partial charge is 0.492 e. The van der Waals surface area contributed by atoms with Gasteiger partial charge in [-0.2, -0.15) is 0 Å². The molecule has 2 unspecified atom stereocenters. The normalized spacial score (nSPS) is 22.9. The molecule has 1 fully saturated rings. The molecular formula is C18H28ClNO. The van der Waals surface area contributed by atoms with Crippen LogP contribution in [0, 0.1) is 11.8 Å². The van der Waals surface area contributed by atoms with Crippen molar-refractivity contribution in [2.45, 2.75) is 58.9 Å². The zero-order valence-electron chi connectivity index (χ0n) is 13.5. The molecule has 3 heteroatoms. The van der Waals surface area contributed by atoms with Crippen LogP contribution in [0.1, 0.15) is 52.9 Å². The molecule has 0 amide bonds. The number of nitrogens with one attached hydrogen (secondary N) is 1. The van der Waals surface area contributed by atoms with Gasteiger partial charge in [0, 0.05) is 11.1 Å². The summed E-state index contributed by atoms with van der Waals surface area (Å²) in [5, 5.41) is 4.42. The third kappa shape index (κ3) is 4.81. The minimum atomic E-state index is 0.534. The van der Waals surface area contributed by atoms with Crippen LogP contribution in [0.15, 0.2) is 18.2 Å². The van der Waals surface area contributed by atoms with E-state index in [1.54, 1.807) is 0 Å². The SMILES string of the molecule is CCOc1ccc(Cl)cc1NC1CCCC(C(C)C)CC1. The molecule has 1 aromatic carbocycles. The quantitative estimate of drug-likeness (QED) is 0.699. The molecule has 0 bridgehead atoms. The van der Waals surface area contributed by atoms with Gasteiger partial charge < -0.3 is 10.1 Å². The predicted molar refractivity (Wildman–Crippen MR) is 91.4 cm³/mol. The summed E-state index contributed by atoms with van der Waals surface area (Å²) in [5.41, 5.74) is 1.04. The van der Waals surface area contributed by atoms with Crippen molar-refractivity contribution in [2.24, 2.45) is 11.8 Å². The van der Waals surface area contributed by atoms with Crippen LogP contribution in [0.3, 0.4) is 0 Å². The van der Waals surface area contributed by atoms with Gasteiger partial charge in [-0.05, 0) is 56.2 Å². The van der Waals surface area contributed by atoms with Gasteiger partial charge in [0.15, 0.2) is 0 Å². The molecule has 0 aromatic heterocycles. The molecule has 2 atom stereocenters. The maximum absolute atomic E-state index is 6.14. The van der Waals surface area contributed by atoms with E-state index < -0.39 is 0 Å². The van der Waals surface area contributed by atoms with Crippen LogP contribution in [0.2, 0.25) is 5.02 Å². The number of hydrogen-bond donors (Lipinski definition) is 1. The van der Waals surface area contributed by atoms with E-state index in [1.165, 1.54) is 32.1 Å². The third-order valence-corrected chi connectivity index (χ3v) is 4.79. The summed E-state index contributed by atoms with van der Waals surface area (Å²) < 4.78 is 5.70. The average molecular weight is 310 g/mol. The van der Waals surface area contributed by atoms with E-state index in [4.69, 9.17) is 16.3 Å². The van der Waals surface area contributed by atoms with E-state index in [2.05, 4.69) is 19.2 Å². The van der Waals surface area contributed by atoms with Crippen molar-refractivity contribution in [3.63, 3.8) is 0 Å². The van der Waals surface area contributed by atoms with Crippen molar-refractivity contribution >= 4 is 17.3 Å². The van der Waals surface area contributed by atoms with Crippen LogP contribution in [-0.4, -0.2) is 12.6 Å². The smallest absolute Gasteiger partial charge is 0.142 e. The lowest BCUT2D eigenvalue weighted by Crippen LogP contribution is -2.19. The summed E-state index contributed by atoms with van der Waals surface area (Å²) in [4.78, 5) is 0. The van der Waals surface area contributed by atoms with Crippen LogP contribution in [0.4, 0.5) is 5.69 Å². The molecule has 21 heavy (non-hydrogen) atoms. The first-order valence-corrected chi connectivity index (χ1v) is 8.66. The van der Waals surface area contributed by atoms with E-state index >= 15 is 0 Å². The fraction of sp³-hybridized carbons (Fsp3) is 0.667. The maximum atomic E-state index is 6.14. The standard InChI is InChI=1S/C18H28ClNO/c1-4-21-18-11-9-15(19)12-17(18)20-16-7-5-6-14(8-10-16)13(2)3/h9,11-14,16,20H,4-8,10H2,1-3H3. The molecule has 2 rings (SSSR count). The fourth-order valence-electron chi connectivity index (χ4n) is 3.26. The van der Waals surface area contributed by atoms with Gasteiger partial charge in [0.25, 0.3) is 0 Å². The summed E-state index contributed by atoms with van der Waals surface area (Å²) >= 11 is 6.14. The summed E-state index contributed by atoms with van der Waals surface area (Å²) in [6.45, 7) is 7.39. The fourth-order valence-corrected chi connectivity index (χ4v) is 3.43. The monoisotopic (exact) mass is 309 g/mol. The zero-order chi connectivity index (χ0) is 15.2. The predicted octanol–water partition coefficient (Wildman–Crippen LogP) is 5.76. The van der Waals surface area contributed by atoms with Crippen molar-refractivity contribution < 1.29 is 4.74 Å². The van der Waals surface area contributed by atoms with E-state index in [1.807, 2.05) is 25.1 Å². The molecule has 1 saturated carbocycles. The van der Waals surface area contributed by atoms with Gasteiger partial charge in [-0.1, -0.05) is 38.3 Å². The first kappa shape index (κ1) is 16.5. The molecule has 0 saturated heterocycles. The Morgan fingerprint density at radius 2 is 2.05 bits per heavy atom. The third-order valence-electron chi connectivity index (χ3n) is 4.56. The first-order valence-electron chi connectivity index (χ1n) is 8.29. The Morgan fingerprint density at radius 3 is 2.76 bits per heavy atom. The Morgan fingerprint density at radius 1 is 1.24 bits per heavy atom. The molecule has 1 aliphatic rings. The van der Waals surface area contributed by atoms with Crippen molar-refractivity contribution in [2.75, 3.05) is 11.9 Å². The molecule has 0 heterocycles. The Hall–Kier alpha value is -0.890. The van der Waals surface area contributed by atoms with E-state index in [0.717, 1.165) is 28.3 Å². The van der Waals surface area contributed by atoms with Gasteiger partial charge >= 0.3 is 0 Å². The van der Waals surface area contributed by atoms with Gasteiger partial charge in [-0.15, -0.1) is 0 Å². The van der Waals surface area contributed by atoms with Crippen molar-refractivity contribution in [1.29, 1.82) is 0 Å². The van der Waals surface area contributed by atoms with E-state index in [0.29, 0.717) is 12.6 Å². The number of ether oxygens (including phenoxy) is 1. The summed E-state index contributed by atoms with van der Waals surface area (Å²) in [7, 11) is 0. The first-order chi connectivity index (χ1) is 10.1. The topological polar surface area (TPSA) is 21.3 Å². The lowest BCUT2D eigenvalue weighted by atomic mass is 9.89. The number of halogens is 1. The van der Waals surface area contributed by atoms with Crippen LogP contribution < -0.4 is 10.1 Å². The molecule has 0 aliphatic heterocycles. The van der Waals surface area contributed by atoms with Gasteiger partial charge in [0.2, 0.25) is 0 Å². The lowest BCUT2D eigenvalue weighted by molar-refractivity contribution is 0.339. The second kappa shape index (κ2) is 7.93. The lowest BCUT2D eigenvalue weighted by Gasteiger charge is -2.21. The minimum Gasteiger partial charge on any atom is -0.492 e. The van der Waals surface area contributed by atoms with Crippen LogP contribution >= 0.6 is 11.6 Å². The highest BCUT2D eigenvalue weighted by Gasteiger charge is 2.21. The Labute approximate surface area is 134 Å². The minimum absolute atomic E-state index is 0.534. The van der Waals surface area contributed by atoms with Gasteiger partial charge in [-0.3, -0.25) is 0 Å². The summed E-state index contributed by atoms with van der Waals surface area (Å²) in [6.07, 6.45) is 6.47. The highest BCUT2D eigenvalue weighted by molar-refractivity contribution is 6.30. The molecule has 2 nitrogen and oxygen atoms in total. The number of benzene rings is 1. The van der Waals surface area contributed by atoms with Crippen LogP contribution in [0.25, 0.3) is 0 Å². The number of hydrogen-bond acceptors (Lipinski definition) is 2. The molecule has 1 aromatic rings. The zero-order valence-corrected chi connectivity index (χ0v) is 14.2. The summed E-state index contributed by atoms with van der Waals surface area (Å²) in [5.74, 6) is 2.59. The molecular weight excluding hydrogens is 282 g/mol. The second-order valence-electron chi connectivity index (χ2n) is 6.43. The Kier molecular flexibility index (Phi) is 6.22. The van der Waals surface area contributed by atoms with E-state index in [9.17, 15) is 0 Å². The van der Waals surface area contributed by atoms with Crippen molar-refractivity contribution in [3.05, 3.63) is 23.2 Å². The molecule has 1 aliphatic carbocycles. The average Bonchev–Trinajstić information content (AvgIpc) is 2.68. The highest BCUT2D eigenvalue weighted by Crippen LogP contribution is 2.33. The van der Waals surface area contributed by atoms with Crippen LogP contribution in [0.5, 0.6) is 5.75 Å². The number of anilines is 1. The van der Waals surface area contributed by atoms with Gasteiger partial charge in [0.05, 0.1) is 12.3 Å². The van der Waals surface area contributed by atoms with Gasteiger partial charge in [0.1, 0.15) is 5.75 Å². The highest BCUT2D eigenvalue weighted by atomic mass is 35.5. The van der Waals surface area contributed by atoms with Crippen molar-refractivity contribution in [3.8, 4) is 5.75 Å². The number of rotatable bonds is 5. The van der Waals surface area contributed by atoms with Crippen molar-refractivity contribution in [1.82, 2.24) is 0 Å².